The predicted molar refractivity (Wildman–Crippen MR) is 119 cm³/mol. The number of likely N-dealkylation sites (N-methyl/N-ethyl adjacent to an activating group) is 2. The molecule has 1 aromatic rings. The molecule has 0 aliphatic carbocycles. The van der Waals surface area contributed by atoms with Crippen LogP contribution in [0.4, 0.5) is 11.4 Å². The van der Waals surface area contributed by atoms with Crippen LogP contribution in [0.3, 0.4) is 0 Å². The summed E-state index contributed by atoms with van der Waals surface area (Å²) < 4.78 is 58.5. The van der Waals surface area contributed by atoms with Crippen LogP contribution in [0.2, 0.25) is 0 Å². The highest BCUT2D eigenvalue weighted by Crippen LogP contribution is 2.31. The molecule has 0 saturated carbocycles. The van der Waals surface area contributed by atoms with Crippen molar-refractivity contribution in [2.45, 2.75) is 11.3 Å². The Kier molecular flexibility index (Phi) is 10.1. The molecule has 0 spiro atoms. The number of nitro benzene ring substituents is 1. The molecule has 0 fully saturated rings. The van der Waals surface area contributed by atoms with Crippen molar-refractivity contribution in [1.82, 2.24) is 9.21 Å². The van der Waals surface area contributed by atoms with Crippen LogP contribution >= 0.6 is 15.9 Å². The molecule has 0 aliphatic heterocycles. The molecule has 0 unspecified atom stereocenters. The summed E-state index contributed by atoms with van der Waals surface area (Å²) in [7, 11) is -3.23. The van der Waals surface area contributed by atoms with Gasteiger partial charge < -0.3 is 9.80 Å². The lowest BCUT2D eigenvalue weighted by Gasteiger charge is -2.28. The fraction of sp³-hybridized carbons (Fsp3) is 0.625. The van der Waals surface area contributed by atoms with Crippen LogP contribution in [-0.4, -0.2) is 93.9 Å². The van der Waals surface area contributed by atoms with Gasteiger partial charge in [-0.15, -0.1) is 0 Å². The van der Waals surface area contributed by atoms with E-state index in [1.54, 1.807) is 19.0 Å². The third kappa shape index (κ3) is 8.07. The minimum atomic E-state index is -4.16. The van der Waals surface area contributed by atoms with Crippen molar-refractivity contribution in [1.29, 1.82) is 0 Å². The molecule has 0 aromatic heterocycles. The fourth-order valence-corrected chi connectivity index (χ4v) is 4.92. The predicted octanol–water partition coefficient (Wildman–Crippen LogP) is 1.26. The number of anilines is 1. The first kappa shape index (κ1) is 26.7. The standard InChI is InChI=1S/C16H27BrN4O7S2/c1-18(2)10-11-19(3)30(27,28)16-13-14(21(22)23)5-6-15(16)20(9-7-17)8-4-12-29(24,25)26/h5-6,13H,4,7-12H2,1-3H3,(H,24,25,26). The number of hydrogen-bond donors (Lipinski definition) is 1. The van der Waals surface area contributed by atoms with Crippen molar-refractivity contribution >= 4 is 47.4 Å². The normalized spacial score (nSPS) is 12.5. The summed E-state index contributed by atoms with van der Waals surface area (Å²) in [6.07, 6.45) is 0.0543. The van der Waals surface area contributed by atoms with E-state index in [2.05, 4.69) is 15.9 Å². The maximum atomic E-state index is 13.2. The average Bonchev–Trinajstić information content (AvgIpc) is 2.63. The van der Waals surface area contributed by atoms with Crippen molar-refractivity contribution in [2.75, 3.05) is 63.3 Å². The summed E-state index contributed by atoms with van der Waals surface area (Å²) in [6, 6.07) is 3.57. The second kappa shape index (κ2) is 11.3. The smallest absolute Gasteiger partial charge is 0.270 e. The highest BCUT2D eigenvalue weighted by molar-refractivity contribution is 9.09. The van der Waals surface area contributed by atoms with Crippen molar-refractivity contribution < 1.29 is 26.3 Å². The van der Waals surface area contributed by atoms with Gasteiger partial charge in [-0.25, -0.2) is 8.42 Å². The van der Waals surface area contributed by atoms with Gasteiger partial charge in [-0.05, 0) is 26.6 Å². The van der Waals surface area contributed by atoms with E-state index < -0.39 is 30.8 Å². The molecular formula is C16H27BrN4O7S2. The highest BCUT2D eigenvalue weighted by Gasteiger charge is 2.28. The number of nitrogens with zero attached hydrogens (tertiary/aromatic N) is 4. The van der Waals surface area contributed by atoms with Crippen LogP contribution in [0.1, 0.15) is 6.42 Å². The van der Waals surface area contributed by atoms with Crippen LogP contribution in [0.15, 0.2) is 23.1 Å². The highest BCUT2D eigenvalue weighted by atomic mass is 79.9. The second-order valence-corrected chi connectivity index (χ2v) is 11.2. The number of nitro groups is 1. The summed E-state index contributed by atoms with van der Waals surface area (Å²) >= 11 is 3.28. The van der Waals surface area contributed by atoms with Crippen LogP contribution in [-0.2, 0) is 20.1 Å². The van der Waals surface area contributed by atoms with Gasteiger partial charge in [0.25, 0.3) is 15.8 Å². The van der Waals surface area contributed by atoms with Crippen molar-refractivity contribution in [3.8, 4) is 0 Å². The van der Waals surface area contributed by atoms with Crippen molar-refractivity contribution in [3.05, 3.63) is 28.3 Å². The van der Waals surface area contributed by atoms with Gasteiger partial charge in [0.2, 0.25) is 10.0 Å². The molecule has 1 N–H and O–H groups in total. The molecular weight excluding hydrogens is 504 g/mol. The Morgan fingerprint density at radius 3 is 2.20 bits per heavy atom. The van der Waals surface area contributed by atoms with Gasteiger partial charge in [0.15, 0.2) is 0 Å². The molecule has 1 aromatic carbocycles. The number of rotatable bonds is 13. The maximum absolute atomic E-state index is 13.2. The Labute approximate surface area is 185 Å². The van der Waals surface area contributed by atoms with E-state index in [0.717, 1.165) is 10.4 Å². The van der Waals surface area contributed by atoms with Crippen LogP contribution in [0.5, 0.6) is 0 Å². The third-order valence-corrected chi connectivity index (χ3v) is 7.28. The van der Waals surface area contributed by atoms with Gasteiger partial charge in [-0.3, -0.25) is 14.7 Å². The van der Waals surface area contributed by atoms with Crippen molar-refractivity contribution in [3.63, 3.8) is 0 Å². The largest absolute Gasteiger partial charge is 0.370 e. The van der Waals surface area contributed by atoms with E-state index in [0.29, 0.717) is 18.4 Å². The second-order valence-electron chi connectivity index (χ2n) is 6.85. The Balaban J connectivity index is 3.40. The zero-order chi connectivity index (χ0) is 23.1. The number of benzene rings is 1. The summed E-state index contributed by atoms with van der Waals surface area (Å²) in [5.74, 6) is -0.483. The molecule has 0 aliphatic rings. The molecule has 0 heterocycles. The Morgan fingerprint density at radius 2 is 1.70 bits per heavy atom. The lowest BCUT2D eigenvalue weighted by atomic mass is 10.2. The maximum Gasteiger partial charge on any atom is 0.270 e. The minimum Gasteiger partial charge on any atom is -0.370 e. The van der Waals surface area contributed by atoms with Gasteiger partial charge in [-0.2, -0.15) is 12.7 Å². The molecule has 0 atom stereocenters. The van der Waals surface area contributed by atoms with E-state index in [4.69, 9.17) is 4.55 Å². The Hall–Kier alpha value is -1.32. The number of non-ortho nitro benzene ring substituents is 1. The summed E-state index contributed by atoms with van der Waals surface area (Å²) in [5.41, 5.74) is -0.137. The monoisotopic (exact) mass is 530 g/mol. The zero-order valence-electron chi connectivity index (χ0n) is 17.1. The number of hydrogen-bond acceptors (Lipinski definition) is 8. The SMILES string of the molecule is CN(C)CCN(C)S(=O)(=O)c1cc([N+](=O)[O-])ccc1N(CCBr)CCCS(=O)(=O)O. The van der Waals surface area contributed by atoms with Gasteiger partial charge in [0, 0.05) is 50.7 Å². The van der Waals surface area contributed by atoms with E-state index in [9.17, 15) is 26.9 Å². The van der Waals surface area contributed by atoms with E-state index in [1.807, 2.05) is 4.90 Å². The molecule has 0 amide bonds. The summed E-state index contributed by atoms with van der Waals surface area (Å²) in [6.45, 7) is 1.10. The average molecular weight is 531 g/mol. The molecule has 11 nitrogen and oxygen atoms in total. The molecule has 0 bridgehead atoms. The molecule has 0 radical (unpaired) electrons. The fourth-order valence-electron chi connectivity index (χ4n) is 2.61. The molecule has 0 saturated heterocycles. The third-order valence-electron chi connectivity index (χ3n) is 4.23. The van der Waals surface area contributed by atoms with Gasteiger partial charge in [0.1, 0.15) is 4.90 Å². The van der Waals surface area contributed by atoms with E-state index >= 15 is 0 Å². The minimum absolute atomic E-state index is 0.0543. The summed E-state index contributed by atoms with van der Waals surface area (Å²) in [4.78, 5) is 13.8. The van der Waals surface area contributed by atoms with Crippen LogP contribution in [0.25, 0.3) is 0 Å². The van der Waals surface area contributed by atoms with Crippen molar-refractivity contribution in [2.24, 2.45) is 0 Å². The first-order chi connectivity index (χ1) is 13.8. The van der Waals surface area contributed by atoms with Gasteiger partial charge in [-0.1, -0.05) is 15.9 Å². The van der Waals surface area contributed by atoms with Crippen LogP contribution in [0, 0.1) is 10.1 Å². The molecule has 172 valence electrons. The number of halogens is 1. The first-order valence-corrected chi connectivity index (χ1v) is 13.1. The topological polar surface area (TPSA) is 141 Å². The summed E-state index contributed by atoms with van der Waals surface area (Å²) in [5, 5.41) is 11.7. The van der Waals surface area contributed by atoms with Crippen LogP contribution < -0.4 is 4.90 Å². The van der Waals surface area contributed by atoms with Gasteiger partial charge >= 0.3 is 0 Å². The Morgan fingerprint density at radius 1 is 1.07 bits per heavy atom. The number of sulfonamides is 1. The Bertz CT molecular complexity index is 939. The first-order valence-electron chi connectivity index (χ1n) is 8.95. The molecule has 14 heteroatoms. The quantitative estimate of drug-likeness (QED) is 0.172. The molecule has 30 heavy (non-hydrogen) atoms. The van der Waals surface area contributed by atoms with Gasteiger partial charge in [0.05, 0.1) is 16.4 Å². The zero-order valence-corrected chi connectivity index (χ0v) is 20.3. The lowest BCUT2D eigenvalue weighted by Crippen LogP contribution is -2.35. The number of alkyl halides is 1. The van der Waals surface area contributed by atoms with E-state index in [-0.39, 0.29) is 35.8 Å². The molecule has 1 rings (SSSR count). The lowest BCUT2D eigenvalue weighted by molar-refractivity contribution is -0.385. The van der Waals surface area contributed by atoms with E-state index in [1.165, 1.54) is 19.2 Å².